The Balaban J connectivity index is 2.20. The van der Waals surface area contributed by atoms with Gasteiger partial charge in [-0.1, -0.05) is 29.8 Å². The number of rotatable bonds is 2. The van der Waals surface area contributed by atoms with E-state index in [2.05, 4.69) is 20.9 Å². The van der Waals surface area contributed by atoms with Crippen LogP contribution in [0.1, 0.15) is 21.6 Å². The molecule has 4 heteroatoms. The lowest BCUT2D eigenvalue weighted by Gasteiger charge is -2.05. The van der Waals surface area contributed by atoms with Crippen molar-refractivity contribution in [3.8, 4) is 0 Å². The van der Waals surface area contributed by atoms with Gasteiger partial charge in [-0.2, -0.15) is 0 Å². The first-order valence-corrected chi connectivity index (χ1v) is 7.32. The molecule has 1 N–H and O–H groups in total. The summed E-state index contributed by atoms with van der Waals surface area (Å²) in [4.78, 5) is 16.0. The van der Waals surface area contributed by atoms with Gasteiger partial charge in [0.15, 0.2) is 5.78 Å². The normalized spacial score (nSPS) is 10.9. The van der Waals surface area contributed by atoms with Gasteiger partial charge in [0.05, 0.1) is 5.56 Å². The first-order chi connectivity index (χ1) is 9.58. The van der Waals surface area contributed by atoms with Gasteiger partial charge in [0.2, 0.25) is 0 Å². The summed E-state index contributed by atoms with van der Waals surface area (Å²) in [6, 6.07) is 13.0. The lowest BCUT2D eigenvalue weighted by molar-refractivity contribution is 0.103. The summed E-state index contributed by atoms with van der Waals surface area (Å²) in [6.07, 6.45) is 0. The molecule has 0 aliphatic heterocycles. The van der Waals surface area contributed by atoms with Crippen LogP contribution in [0.15, 0.2) is 46.9 Å². The number of nitrogens with one attached hydrogen (secondary N) is 1. The lowest BCUT2D eigenvalue weighted by atomic mass is 10.0. The molecule has 2 aromatic carbocycles. The fraction of sp³-hybridized carbons (Fsp3) is 0.0625. The zero-order valence-electron chi connectivity index (χ0n) is 10.7. The number of halogens is 2. The largest absolute Gasteiger partial charge is 0.358 e. The molecule has 0 amide bonds. The topological polar surface area (TPSA) is 32.9 Å². The SMILES string of the molecule is Cc1[nH]c2ccccc2c1C(=O)c1ccc(Cl)cc1Br. The van der Waals surface area contributed by atoms with Crippen LogP contribution in [0.3, 0.4) is 0 Å². The third-order valence-corrected chi connectivity index (χ3v) is 4.19. The number of para-hydroxylation sites is 1. The van der Waals surface area contributed by atoms with Gasteiger partial charge >= 0.3 is 0 Å². The Kier molecular flexibility index (Phi) is 3.40. The van der Waals surface area contributed by atoms with Crippen LogP contribution in [-0.2, 0) is 0 Å². The molecular weight excluding hydrogens is 338 g/mol. The van der Waals surface area contributed by atoms with E-state index in [0.29, 0.717) is 20.6 Å². The minimum absolute atomic E-state index is 0.0107. The summed E-state index contributed by atoms with van der Waals surface area (Å²) in [5.74, 6) is -0.0107. The van der Waals surface area contributed by atoms with E-state index in [-0.39, 0.29) is 5.78 Å². The van der Waals surface area contributed by atoms with E-state index in [4.69, 9.17) is 11.6 Å². The van der Waals surface area contributed by atoms with Crippen LogP contribution < -0.4 is 0 Å². The first kappa shape index (κ1) is 13.4. The van der Waals surface area contributed by atoms with Crippen LogP contribution >= 0.6 is 27.5 Å². The predicted octanol–water partition coefficient (Wildman–Crippen LogP) is 5.12. The van der Waals surface area contributed by atoms with Crippen molar-refractivity contribution in [3.05, 3.63) is 68.8 Å². The zero-order chi connectivity index (χ0) is 14.3. The van der Waals surface area contributed by atoms with E-state index in [0.717, 1.165) is 16.6 Å². The molecule has 0 radical (unpaired) electrons. The van der Waals surface area contributed by atoms with Gasteiger partial charge in [0.25, 0.3) is 0 Å². The highest BCUT2D eigenvalue weighted by molar-refractivity contribution is 9.10. The van der Waals surface area contributed by atoms with Gasteiger partial charge in [-0.3, -0.25) is 4.79 Å². The fourth-order valence-electron chi connectivity index (χ4n) is 2.38. The van der Waals surface area contributed by atoms with Gasteiger partial charge in [-0.15, -0.1) is 0 Å². The Morgan fingerprint density at radius 3 is 2.70 bits per heavy atom. The summed E-state index contributed by atoms with van der Waals surface area (Å²) in [5, 5.41) is 1.54. The van der Waals surface area contributed by atoms with E-state index in [1.165, 1.54) is 0 Å². The van der Waals surface area contributed by atoms with Crippen LogP contribution in [-0.4, -0.2) is 10.8 Å². The van der Waals surface area contributed by atoms with Crippen LogP contribution in [0.5, 0.6) is 0 Å². The highest BCUT2D eigenvalue weighted by Crippen LogP contribution is 2.28. The molecule has 100 valence electrons. The molecule has 0 atom stereocenters. The summed E-state index contributed by atoms with van der Waals surface area (Å²) in [5.41, 5.74) is 3.17. The second kappa shape index (κ2) is 5.08. The number of fused-ring (bicyclic) bond motifs is 1. The average Bonchev–Trinajstić information content (AvgIpc) is 2.73. The Hall–Kier alpha value is -1.58. The number of hydrogen-bond donors (Lipinski definition) is 1. The summed E-state index contributed by atoms with van der Waals surface area (Å²) >= 11 is 9.33. The molecule has 0 bridgehead atoms. The van der Waals surface area contributed by atoms with Gasteiger partial charge in [0.1, 0.15) is 0 Å². The minimum Gasteiger partial charge on any atom is -0.358 e. The maximum absolute atomic E-state index is 12.8. The average molecular weight is 349 g/mol. The molecular formula is C16H11BrClNO. The third kappa shape index (κ3) is 2.17. The number of carbonyl (C=O) groups is 1. The van der Waals surface area contributed by atoms with Crippen molar-refractivity contribution >= 4 is 44.2 Å². The van der Waals surface area contributed by atoms with Crippen molar-refractivity contribution in [1.82, 2.24) is 4.98 Å². The molecule has 0 fully saturated rings. The molecule has 0 aliphatic rings. The van der Waals surface area contributed by atoms with Crippen LogP contribution in [0.25, 0.3) is 10.9 Å². The van der Waals surface area contributed by atoms with E-state index < -0.39 is 0 Å². The number of benzene rings is 2. The molecule has 3 rings (SSSR count). The fourth-order valence-corrected chi connectivity index (χ4v) is 3.24. The highest BCUT2D eigenvalue weighted by atomic mass is 79.9. The van der Waals surface area contributed by atoms with Crippen LogP contribution in [0.4, 0.5) is 0 Å². The molecule has 0 aliphatic carbocycles. The van der Waals surface area contributed by atoms with Crippen molar-refractivity contribution in [1.29, 1.82) is 0 Å². The van der Waals surface area contributed by atoms with Gasteiger partial charge in [0, 0.05) is 31.7 Å². The van der Waals surface area contributed by atoms with E-state index in [1.54, 1.807) is 18.2 Å². The second-order valence-corrected chi connectivity index (χ2v) is 5.91. The number of carbonyl (C=O) groups excluding carboxylic acids is 1. The zero-order valence-corrected chi connectivity index (χ0v) is 13.0. The number of aromatic nitrogens is 1. The van der Waals surface area contributed by atoms with Crippen LogP contribution in [0.2, 0.25) is 5.02 Å². The monoisotopic (exact) mass is 347 g/mol. The summed E-state index contributed by atoms with van der Waals surface area (Å²) < 4.78 is 0.708. The third-order valence-electron chi connectivity index (χ3n) is 3.30. The molecule has 1 aromatic heterocycles. The Bertz CT molecular complexity index is 822. The minimum atomic E-state index is -0.0107. The van der Waals surface area contributed by atoms with Gasteiger partial charge in [-0.25, -0.2) is 0 Å². The number of H-pyrrole nitrogens is 1. The van der Waals surface area contributed by atoms with E-state index >= 15 is 0 Å². The van der Waals surface area contributed by atoms with Crippen molar-refractivity contribution in [3.63, 3.8) is 0 Å². The molecule has 1 heterocycles. The van der Waals surface area contributed by atoms with Crippen molar-refractivity contribution in [2.24, 2.45) is 0 Å². The number of hydrogen-bond acceptors (Lipinski definition) is 1. The van der Waals surface area contributed by atoms with E-state index in [1.807, 2.05) is 31.2 Å². The number of aromatic amines is 1. The molecule has 3 aromatic rings. The Labute approximate surface area is 129 Å². The molecule has 0 saturated heterocycles. The maximum atomic E-state index is 12.8. The Morgan fingerprint density at radius 1 is 1.20 bits per heavy atom. The molecule has 20 heavy (non-hydrogen) atoms. The number of aryl methyl sites for hydroxylation is 1. The smallest absolute Gasteiger partial charge is 0.196 e. The molecule has 2 nitrogen and oxygen atoms in total. The predicted molar refractivity (Wildman–Crippen MR) is 85.6 cm³/mol. The van der Waals surface area contributed by atoms with Gasteiger partial charge in [-0.05, 0) is 47.1 Å². The first-order valence-electron chi connectivity index (χ1n) is 6.15. The van der Waals surface area contributed by atoms with Crippen molar-refractivity contribution in [2.45, 2.75) is 6.92 Å². The van der Waals surface area contributed by atoms with Crippen LogP contribution in [0, 0.1) is 6.92 Å². The summed E-state index contributed by atoms with van der Waals surface area (Å²) in [7, 11) is 0. The van der Waals surface area contributed by atoms with E-state index in [9.17, 15) is 4.79 Å². The molecule has 0 saturated carbocycles. The van der Waals surface area contributed by atoms with Crippen molar-refractivity contribution in [2.75, 3.05) is 0 Å². The Morgan fingerprint density at radius 2 is 1.95 bits per heavy atom. The quantitative estimate of drug-likeness (QED) is 0.640. The highest BCUT2D eigenvalue weighted by Gasteiger charge is 2.19. The standard InChI is InChI=1S/C16H11BrClNO/c1-9-15(12-4-2-3-5-14(12)19-9)16(20)11-7-6-10(18)8-13(11)17/h2-8,19H,1H3. The molecule has 0 spiro atoms. The maximum Gasteiger partial charge on any atom is 0.196 e. The molecule has 0 unspecified atom stereocenters. The lowest BCUT2D eigenvalue weighted by Crippen LogP contribution is -2.03. The summed E-state index contributed by atoms with van der Waals surface area (Å²) in [6.45, 7) is 1.91. The second-order valence-electron chi connectivity index (χ2n) is 4.62. The number of ketones is 1. The van der Waals surface area contributed by atoms with Crippen molar-refractivity contribution < 1.29 is 4.79 Å². The van der Waals surface area contributed by atoms with Gasteiger partial charge < -0.3 is 4.98 Å².